The van der Waals surface area contributed by atoms with Gasteiger partial charge in [-0.25, -0.2) is 0 Å². The first-order valence-electron chi connectivity index (χ1n) is 6.59. The number of likely N-dealkylation sites (N-methyl/N-ethyl adjacent to an activating group) is 1. The molecule has 1 saturated heterocycles. The van der Waals surface area contributed by atoms with Crippen molar-refractivity contribution in [3.8, 4) is 0 Å². The highest BCUT2D eigenvalue weighted by Gasteiger charge is 2.31. The van der Waals surface area contributed by atoms with Crippen molar-refractivity contribution in [3.05, 3.63) is 0 Å². The SMILES string of the molecule is CN(CC(=O)N1CCOCC1)C(=O)[C@@H](N)C(C)(C)C.Cl. The minimum Gasteiger partial charge on any atom is -0.378 e. The Balaban J connectivity index is 0.00000361. The van der Waals surface area contributed by atoms with Gasteiger partial charge in [0.2, 0.25) is 11.8 Å². The molecule has 7 heteroatoms. The molecule has 0 radical (unpaired) electrons. The van der Waals surface area contributed by atoms with Crippen LogP contribution in [0, 0.1) is 5.41 Å². The lowest BCUT2D eigenvalue weighted by atomic mass is 9.86. The van der Waals surface area contributed by atoms with Crippen molar-refractivity contribution in [2.24, 2.45) is 11.1 Å². The van der Waals surface area contributed by atoms with Crippen LogP contribution in [0.25, 0.3) is 0 Å². The van der Waals surface area contributed by atoms with Crippen LogP contribution >= 0.6 is 12.4 Å². The molecule has 2 amide bonds. The molecule has 1 atom stereocenters. The zero-order valence-corrected chi connectivity index (χ0v) is 13.5. The fraction of sp³-hybridized carbons (Fsp3) is 0.846. The van der Waals surface area contributed by atoms with Gasteiger partial charge in [-0.2, -0.15) is 0 Å². The summed E-state index contributed by atoms with van der Waals surface area (Å²) in [5, 5.41) is 0. The molecule has 1 rings (SSSR count). The number of nitrogens with zero attached hydrogens (tertiary/aromatic N) is 2. The second kappa shape index (κ2) is 7.81. The third-order valence-corrected chi connectivity index (χ3v) is 3.31. The topological polar surface area (TPSA) is 75.9 Å². The van der Waals surface area contributed by atoms with Gasteiger partial charge in [0.1, 0.15) is 0 Å². The van der Waals surface area contributed by atoms with Gasteiger partial charge in [-0.15, -0.1) is 12.4 Å². The van der Waals surface area contributed by atoms with Gasteiger partial charge < -0.3 is 20.3 Å². The number of rotatable bonds is 3. The number of nitrogens with two attached hydrogens (primary N) is 1. The van der Waals surface area contributed by atoms with Gasteiger partial charge in [-0.05, 0) is 5.41 Å². The summed E-state index contributed by atoms with van der Waals surface area (Å²) in [6.45, 7) is 8.10. The Morgan fingerprint density at radius 3 is 2.25 bits per heavy atom. The molecule has 1 heterocycles. The van der Waals surface area contributed by atoms with Crippen molar-refractivity contribution < 1.29 is 14.3 Å². The van der Waals surface area contributed by atoms with Gasteiger partial charge in [-0.1, -0.05) is 20.8 Å². The zero-order valence-electron chi connectivity index (χ0n) is 12.7. The maximum absolute atomic E-state index is 12.1. The van der Waals surface area contributed by atoms with E-state index in [0.717, 1.165) is 0 Å². The summed E-state index contributed by atoms with van der Waals surface area (Å²) < 4.78 is 5.19. The van der Waals surface area contributed by atoms with Crippen molar-refractivity contribution in [1.82, 2.24) is 9.80 Å². The molecule has 1 aliphatic rings. The first kappa shape index (κ1) is 19.1. The Morgan fingerprint density at radius 2 is 1.80 bits per heavy atom. The van der Waals surface area contributed by atoms with Gasteiger partial charge in [-0.3, -0.25) is 9.59 Å². The van der Waals surface area contributed by atoms with E-state index in [9.17, 15) is 9.59 Å². The summed E-state index contributed by atoms with van der Waals surface area (Å²) in [6.07, 6.45) is 0. The molecule has 1 aliphatic heterocycles. The quantitative estimate of drug-likeness (QED) is 0.802. The maximum atomic E-state index is 12.1. The molecule has 0 aromatic heterocycles. The van der Waals surface area contributed by atoms with Crippen LogP contribution in [0.15, 0.2) is 0 Å². The Labute approximate surface area is 127 Å². The predicted molar refractivity (Wildman–Crippen MR) is 79.7 cm³/mol. The average molecular weight is 308 g/mol. The minimum absolute atomic E-state index is 0. The van der Waals surface area contributed by atoms with E-state index in [1.54, 1.807) is 11.9 Å². The zero-order chi connectivity index (χ0) is 14.6. The molecular weight excluding hydrogens is 282 g/mol. The second-order valence-corrected chi connectivity index (χ2v) is 6.03. The highest BCUT2D eigenvalue weighted by atomic mass is 35.5. The fourth-order valence-corrected chi connectivity index (χ4v) is 1.80. The van der Waals surface area contributed by atoms with Crippen molar-refractivity contribution in [2.45, 2.75) is 26.8 Å². The van der Waals surface area contributed by atoms with Gasteiger partial charge in [0, 0.05) is 20.1 Å². The predicted octanol–water partition coefficient (Wildman–Crippen LogP) is 0.0988. The fourth-order valence-electron chi connectivity index (χ4n) is 1.80. The molecule has 20 heavy (non-hydrogen) atoms. The molecule has 0 aromatic rings. The molecule has 0 aromatic carbocycles. The molecular formula is C13H26ClN3O3. The lowest BCUT2D eigenvalue weighted by Crippen LogP contribution is -2.52. The number of hydrogen-bond acceptors (Lipinski definition) is 4. The Kier molecular flexibility index (Phi) is 7.47. The standard InChI is InChI=1S/C13H25N3O3.ClH/c1-13(2,3)11(14)12(18)15(4)9-10(17)16-5-7-19-8-6-16;/h11H,5-9,14H2,1-4H3;1H/t11-;/m1./s1. The molecule has 0 aliphatic carbocycles. The van der Waals surface area contributed by atoms with E-state index in [1.807, 2.05) is 20.8 Å². The van der Waals surface area contributed by atoms with E-state index < -0.39 is 6.04 Å². The maximum Gasteiger partial charge on any atom is 0.242 e. The van der Waals surface area contributed by atoms with E-state index in [0.29, 0.717) is 26.3 Å². The summed E-state index contributed by atoms with van der Waals surface area (Å²) >= 11 is 0. The lowest BCUT2D eigenvalue weighted by Gasteiger charge is -2.32. The molecule has 0 saturated carbocycles. The van der Waals surface area contributed by atoms with Crippen LogP contribution in [0.2, 0.25) is 0 Å². The van der Waals surface area contributed by atoms with E-state index in [2.05, 4.69) is 0 Å². The first-order valence-corrected chi connectivity index (χ1v) is 6.59. The van der Waals surface area contributed by atoms with Gasteiger partial charge in [0.15, 0.2) is 0 Å². The number of amides is 2. The number of carbonyl (C=O) groups excluding carboxylic acids is 2. The number of halogens is 1. The second-order valence-electron chi connectivity index (χ2n) is 6.03. The highest BCUT2D eigenvalue weighted by Crippen LogP contribution is 2.18. The molecule has 0 bridgehead atoms. The summed E-state index contributed by atoms with van der Waals surface area (Å²) in [7, 11) is 1.62. The third kappa shape index (κ3) is 5.26. The number of ether oxygens (including phenoxy) is 1. The number of carbonyl (C=O) groups is 2. The summed E-state index contributed by atoms with van der Waals surface area (Å²) in [6, 6.07) is -0.602. The summed E-state index contributed by atoms with van der Waals surface area (Å²) in [5.74, 6) is -0.255. The average Bonchev–Trinajstić information content (AvgIpc) is 2.36. The molecule has 2 N–H and O–H groups in total. The third-order valence-electron chi connectivity index (χ3n) is 3.31. The van der Waals surface area contributed by atoms with Gasteiger partial charge in [0.05, 0.1) is 25.8 Å². The van der Waals surface area contributed by atoms with Gasteiger partial charge >= 0.3 is 0 Å². The molecule has 0 spiro atoms. The smallest absolute Gasteiger partial charge is 0.242 e. The highest BCUT2D eigenvalue weighted by molar-refractivity contribution is 5.87. The Morgan fingerprint density at radius 1 is 1.30 bits per heavy atom. The summed E-state index contributed by atoms with van der Waals surface area (Å²) in [5.41, 5.74) is 5.60. The van der Waals surface area contributed by atoms with E-state index in [1.165, 1.54) is 4.90 Å². The molecule has 0 unspecified atom stereocenters. The van der Waals surface area contributed by atoms with Crippen molar-refractivity contribution in [2.75, 3.05) is 39.9 Å². The monoisotopic (exact) mass is 307 g/mol. The van der Waals surface area contributed by atoms with Crippen LogP contribution < -0.4 is 5.73 Å². The molecule has 6 nitrogen and oxygen atoms in total. The molecule has 1 fully saturated rings. The number of morpholine rings is 1. The minimum atomic E-state index is -0.602. The van der Waals surface area contributed by atoms with Crippen molar-refractivity contribution >= 4 is 24.2 Å². The number of hydrogen-bond donors (Lipinski definition) is 1. The molecule has 118 valence electrons. The van der Waals surface area contributed by atoms with Crippen LogP contribution in [0.3, 0.4) is 0 Å². The van der Waals surface area contributed by atoms with Crippen molar-refractivity contribution in [3.63, 3.8) is 0 Å². The van der Waals surface area contributed by atoms with Crippen LogP contribution in [-0.4, -0.2) is 67.6 Å². The Hall–Kier alpha value is -0.850. The van der Waals surface area contributed by atoms with Crippen LogP contribution in [0.5, 0.6) is 0 Å². The van der Waals surface area contributed by atoms with Crippen LogP contribution in [0.1, 0.15) is 20.8 Å². The van der Waals surface area contributed by atoms with Gasteiger partial charge in [0.25, 0.3) is 0 Å². The van der Waals surface area contributed by atoms with Crippen molar-refractivity contribution in [1.29, 1.82) is 0 Å². The largest absolute Gasteiger partial charge is 0.378 e. The lowest BCUT2D eigenvalue weighted by molar-refractivity contribution is -0.143. The Bertz CT molecular complexity index is 338. The van der Waals surface area contributed by atoms with Crippen LogP contribution in [0.4, 0.5) is 0 Å². The van der Waals surface area contributed by atoms with E-state index in [4.69, 9.17) is 10.5 Å². The normalized spacial score (nSPS) is 17.1. The first-order chi connectivity index (χ1) is 8.73. The summed E-state index contributed by atoms with van der Waals surface area (Å²) in [4.78, 5) is 27.3. The van der Waals surface area contributed by atoms with Crippen LogP contribution in [-0.2, 0) is 14.3 Å². The van der Waals surface area contributed by atoms with E-state index in [-0.39, 0.29) is 36.2 Å². The van der Waals surface area contributed by atoms with E-state index >= 15 is 0 Å².